The minimum absolute atomic E-state index is 0.301. The van der Waals surface area contributed by atoms with Gasteiger partial charge >= 0.3 is 11.9 Å². The molecule has 4 heteroatoms. The predicted octanol–water partition coefficient (Wildman–Crippen LogP) is 5.47. The first-order chi connectivity index (χ1) is 11.5. The maximum absolute atomic E-state index is 11.8. The highest BCUT2D eigenvalue weighted by Gasteiger charge is 2.09. The Balaban J connectivity index is 4.08. The van der Waals surface area contributed by atoms with Crippen LogP contribution in [0.25, 0.3) is 0 Å². The maximum Gasteiger partial charge on any atom is 0.338 e. The van der Waals surface area contributed by atoms with Crippen LogP contribution < -0.4 is 0 Å². The molecule has 0 saturated carbocycles. The van der Waals surface area contributed by atoms with Gasteiger partial charge in [-0.3, -0.25) is 0 Å². The number of ether oxygens (including phenoxy) is 2. The van der Waals surface area contributed by atoms with Crippen LogP contribution in [-0.4, -0.2) is 18.5 Å². The minimum Gasteiger partial charge on any atom is -0.462 e. The maximum atomic E-state index is 11.8. The average Bonchev–Trinajstić information content (AvgIpc) is 2.58. The SMILES string of the molecule is CCCCCCC=C(C)C(=O)OC=C(C)C(=O)OCCCCCC. The molecule has 0 aromatic rings. The summed E-state index contributed by atoms with van der Waals surface area (Å²) < 4.78 is 10.2. The standard InChI is InChI=1S/C20H34O4/c1-5-7-9-11-12-14-17(3)19(21)24-16-18(4)20(22)23-15-13-10-8-6-2/h14,16H,5-13,15H2,1-4H3. The molecule has 0 rings (SSSR count). The molecule has 0 spiro atoms. The Kier molecular flexibility index (Phi) is 14.0. The van der Waals surface area contributed by atoms with E-state index in [1.165, 1.54) is 25.5 Å². The lowest BCUT2D eigenvalue weighted by atomic mass is 10.1. The van der Waals surface area contributed by atoms with Crippen molar-refractivity contribution < 1.29 is 19.1 Å². The van der Waals surface area contributed by atoms with E-state index in [1.807, 2.05) is 6.08 Å². The summed E-state index contributed by atoms with van der Waals surface area (Å²) in [5.41, 5.74) is 0.873. The second kappa shape index (κ2) is 15.0. The zero-order valence-electron chi connectivity index (χ0n) is 15.9. The van der Waals surface area contributed by atoms with Gasteiger partial charge in [-0.25, -0.2) is 9.59 Å². The summed E-state index contributed by atoms with van der Waals surface area (Å²) in [6.07, 6.45) is 12.9. The number of esters is 2. The fraction of sp³-hybridized carbons (Fsp3) is 0.700. The van der Waals surface area contributed by atoms with Crippen LogP contribution in [0.2, 0.25) is 0 Å². The van der Waals surface area contributed by atoms with Crippen molar-refractivity contribution in [1.29, 1.82) is 0 Å². The first-order valence-electron chi connectivity index (χ1n) is 9.24. The highest BCUT2D eigenvalue weighted by atomic mass is 16.5. The molecular weight excluding hydrogens is 304 g/mol. The van der Waals surface area contributed by atoms with E-state index in [2.05, 4.69) is 13.8 Å². The number of unbranched alkanes of at least 4 members (excludes halogenated alkanes) is 7. The molecule has 0 aliphatic carbocycles. The summed E-state index contributed by atoms with van der Waals surface area (Å²) in [6.45, 7) is 8.04. The number of carbonyl (C=O) groups is 2. The highest BCUT2D eigenvalue weighted by Crippen LogP contribution is 2.08. The zero-order chi connectivity index (χ0) is 18.2. The van der Waals surface area contributed by atoms with Gasteiger partial charge in [-0.2, -0.15) is 0 Å². The van der Waals surface area contributed by atoms with Gasteiger partial charge in [-0.15, -0.1) is 0 Å². The molecule has 0 fully saturated rings. The second-order valence-electron chi connectivity index (χ2n) is 6.14. The van der Waals surface area contributed by atoms with Crippen LogP contribution in [0.15, 0.2) is 23.5 Å². The van der Waals surface area contributed by atoms with Crippen LogP contribution >= 0.6 is 0 Å². The van der Waals surface area contributed by atoms with E-state index in [1.54, 1.807) is 13.8 Å². The summed E-state index contributed by atoms with van der Waals surface area (Å²) in [7, 11) is 0. The van der Waals surface area contributed by atoms with Crippen molar-refractivity contribution >= 4 is 11.9 Å². The normalized spacial score (nSPS) is 12.2. The first-order valence-corrected chi connectivity index (χ1v) is 9.24. The van der Waals surface area contributed by atoms with Crippen LogP contribution in [0.3, 0.4) is 0 Å². The molecule has 4 nitrogen and oxygen atoms in total. The van der Waals surface area contributed by atoms with Crippen LogP contribution in [0.1, 0.15) is 85.5 Å². The molecule has 24 heavy (non-hydrogen) atoms. The van der Waals surface area contributed by atoms with Crippen LogP contribution in [0, 0.1) is 0 Å². The fourth-order valence-electron chi connectivity index (χ4n) is 2.06. The molecule has 0 unspecified atom stereocenters. The number of allylic oxidation sites excluding steroid dienone is 1. The van der Waals surface area contributed by atoms with Gasteiger partial charge in [0.2, 0.25) is 0 Å². The third-order valence-electron chi connectivity index (χ3n) is 3.73. The van der Waals surface area contributed by atoms with E-state index in [9.17, 15) is 9.59 Å². The smallest absolute Gasteiger partial charge is 0.338 e. The third-order valence-corrected chi connectivity index (χ3v) is 3.73. The van der Waals surface area contributed by atoms with Gasteiger partial charge in [0.15, 0.2) is 0 Å². The number of hydrogen-bond donors (Lipinski definition) is 0. The molecule has 0 radical (unpaired) electrons. The summed E-state index contributed by atoms with van der Waals surface area (Å²) in [5, 5.41) is 0. The van der Waals surface area contributed by atoms with Gasteiger partial charge in [0.25, 0.3) is 0 Å². The van der Waals surface area contributed by atoms with Gasteiger partial charge in [0.1, 0.15) is 6.26 Å². The van der Waals surface area contributed by atoms with Crippen molar-refractivity contribution in [2.75, 3.05) is 6.61 Å². The summed E-state index contributed by atoms with van der Waals surface area (Å²) in [6, 6.07) is 0. The Labute approximate surface area is 147 Å². The molecule has 0 aliphatic rings. The number of rotatable bonds is 13. The summed E-state index contributed by atoms with van der Waals surface area (Å²) >= 11 is 0. The fourth-order valence-corrected chi connectivity index (χ4v) is 2.06. The van der Waals surface area contributed by atoms with Crippen LogP contribution in [0.4, 0.5) is 0 Å². The van der Waals surface area contributed by atoms with E-state index in [-0.39, 0.29) is 0 Å². The van der Waals surface area contributed by atoms with Gasteiger partial charge in [0, 0.05) is 5.57 Å². The predicted molar refractivity (Wildman–Crippen MR) is 97.5 cm³/mol. The van der Waals surface area contributed by atoms with Gasteiger partial charge < -0.3 is 9.47 Å². The molecule has 0 heterocycles. The van der Waals surface area contributed by atoms with Gasteiger partial charge in [0.05, 0.1) is 12.2 Å². The number of hydrogen-bond acceptors (Lipinski definition) is 4. The monoisotopic (exact) mass is 338 g/mol. The van der Waals surface area contributed by atoms with Crippen molar-refractivity contribution in [3.8, 4) is 0 Å². The van der Waals surface area contributed by atoms with E-state index in [0.717, 1.165) is 38.5 Å². The topological polar surface area (TPSA) is 52.6 Å². The Morgan fingerprint density at radius 1 is 0.792 bits per heavy atom. The lowest BCUT2D eigenvalue weighted by Gasteiger charge is -2.05. The molecule has 0 aromatic heterocycles. The quantitative estimate of drug-likeness (QED) is 0.193. The molecule has 0 saturated heterocycles. The highest BCUT2D eigenvalue weighted by molar-refractivity contribution is 5.90. The van der Waals surface area contributed by atoms with Crippen molar-refractivity contribution in [1.82, 2.24) is 0 Å². The second-order valence-corrected chi connectivity index (χ2v) is 6.14. The molecule has 0 atom stereocenters. The molecular formula is C20H34O4. The van der Waals surface area contributed by atoms with Crippen molar-refractivity contribution in [2.45, 2.75) is 85.5 Å². The lowest BCUT2D eigenvalue weighted by molar-refractivity contribution is -0.139. The van der Waals surface area contributed by atoms with Gasteiger partial charge in [-0.05, 0) is 33.1 Å². The van der Waals surface area contributed by atoms with E-state index < -0.39 is 11.9 Å². The first kappa shape index (κ1) is 22.4. The molecule has 138 valence electrons. The van der Waals surface area contributed by atoms with E-state index in [4.69, 9.17) is 9.47 Å². The molecule has 0 N–H and O–H groups in total. The molecule has 0 bridgehead atoms. The van der Waals surface area contributed by atoms with E-state index in [0.29, 0.717) is 17.8 Å². The minimum atomic E-state index is -0.430. The number of carbonyl (C=O) groups excluding carboxylic acids is 2. The zero-order valence-corrected chi connectivity index (χ0v) is 15.9. The Morgan fingerprint density at radius 2 is 1.42 bits per heavy atom. The average molecular weight is 338 g/mol. The Bertz CT molecular complexity index is 421. The van der Waals surface area contributed by atoms with Gasteiger partial charge in [-0.1, -0.05) is 58.4 Å². The van der Waals surface area contributed by atoms with Crippen molar-refractivity contribution in [3.63, 3.8) is 0 Å². The largest absolute Gasteiger partial charge is 0.462 e. The van der Waals surface area contributed by atoms with Crippen molar-refractivity contribution in [2.24, 2.45) is 0 Å². The molecule has 0 aromatic carbocycles. The molecule has 0 aliphatic heterocycles. The Hall–Kier alpha value is -1.58. The van der Waals surface area contributed by atoms with Crippen molar-refractivity contribution in [3.05, 3.63) is 23.5 Å². The van der Waals surface area contributed by atoms with Crippen LogP contribution in [-0.2, 0) is 19.1 Å². The molecule has 0 amide bonds. The van der Waals surface area contributed by atoms with Crippen LogP contribution in [0.5, 0.6) is 0 Å². The third kappa shape index (κ3) is 11.9. The summed E-state index contributed by atoms with van der Waals surface area (Å²) in [4.78, 5) is 23.6. The Morgan fingerprint density at radius 3 is 2.04 bits per heavy atom. The lowest BCUT2D eigenvalue weighted by Crippen LogP contribution is -2.09. The summed E-state index contributed by atoms with van der Waals surface area (Å²) in [5.74, 6) is -0.846. The van der Waals surface area contributed by atoms with E-state index >= 15 is 0 Å².